The van der Waals surface area contributed by atoms with Crippen molar-refractivity contribution in [3.8, 4) is 11.1 Å². The number of ether oxygens (including phenoxy) is 1. The molecule has 2 aromatic carbocycles. The Balaban J connectivity index is 1.33. The van der Waals surface area contributed by atoms with Crippen molar-refractivity contribution in [1.82, 2.24) is 9.88 Å². The van der Waals surface area contributed by atoms with E-state index in [2.05, 4.69) is 25.9 Å². The molecule has 0 bridgehead atoms. The summed E-state index contributed by atoms with van der Waals surface area (Å²) in [6.45, 7) is 6.22. The minimum Gasteiger partial charge on any atom is -0.383 e. The molecule has 0 unspecified atom stereocenters. The molecule has 174 valence electrons. The van der Waals surface area contributed by atoms with Crippen molar-refractivity contribution in [2.45, 2.75) is 13.5 Å². The molecule has 1 aliphatic rings. The average Bonchev–Trinajstić information content (AvgIpc) is 3.28. The van der Waals surface area contributed by atoms with Gasteiger partial charge >= 0.3 is 6.03 Å². The van der Waals surface area contributed by atoms with Gasteiger partial charge in [-0.15, -0.1) is 11.3 Å². The molecule has 4 N–H and O–H groups in total. The van der Waals surface area contributed by atoms with Gasteiger partial charge in [0.25, 0.3) is 0 Å². The Morgan fingerprint density at radius 1 is 1.12 bits per heavy atom. The van der Waals surface area contributed by atoms with Crippen molar-refractivity contribution in [1.29, 1.82) is 0 Å². The van der Waals surface area contributed by atoms with E-state index in [1.165, 1.54) is 10.3 Å². The lowest BCUT2D eigenvalue weighted by Gasteiger charge is -2.26. The van der Waals surface area contributed by atoms with Crippen molar-refractivity contribution < 1.29 is 9.53 Å². The summed E-state index contributed by atoms with van der Waals surface area (Å²) in [5.74, 6) is 0.539. The molecule has 34 heavy (non-hydrogen) atoms. The predicted molar refractivity (Wildman–Crippen MR) is 139 cm³/mol. The molecule has 5 rings (SSSR count). The first-order valence-electron chi connectivity index (χ1n) is 11.3. The molecule has 2 amide bonds. The monoisotopic (exact) mass is 473 g/mol. The quantitative estimate of drug-likeness (QED) is 0.364. The fourth-order valence-corrected chi connectivity index (χ4v) is 5.28. The van der Waals surface area contributed by atoms with E-state index in [4.69, 9.17) is 10.5 Å². The molecule has 0 atom stereocenters. The molecule has 7 nitrogen and oxygen atoms in total. The Morgan fingerprint density at radius 3 is 2.65 bits per heavy atom. The number of nitrogens with one attached hydrogen (secondary N) is 2. The molecule has 0 radical (unpaired) electrons. The molecule has 0 saturated carbocycles. The Morgan fingerprint density at radius 2 is 1.88 bits per heavy atom. The normalized spacial score (nSPS) is 14.3. The van der Waals surface area contributed by atoms with Gasteiger partial charge in [0.2, 0.25) is 0 Å². The van der Waals surface area contributed by atoms with Crippen LogP contribution in [0.5, 0.6) is 0 Å². The first-order valence-corrected chi connectivity index (χ1v) is 12.1. The van der Waals surface area contributed by atoms with Crippen molar-refractivity contribution in [3.63, 3.8) is 0 Å². The third kappa shape index (κ3) is 4.89. The van der Waals surface area contributed by atoms with Crippen LogP contribution in [0.25, 0.3) is 21.2 Å². The number of benzene rings is 2. The van der Waals surface area contributed by atoms with Crippen molar-refractivity contribution in [2.24, 2.45) is 0 Å². The zero-order valence-corrected chi connectivity index (χ0v) is 19.8. The molecule has 1 aliphatic heterocycles. The lowest BCUT2D eigenvalue weighted by molar-refractivity contribution is 0.0343. The second-order valence-electron chi connectivity index (χ2n) is 8.44. The van der Waals surface area contributed by atoms with Gasteiger partial charge in [0.15, 0.2) is 0 Å². The van der Waals surface area contributed by atoms with Crippen molar-refractivity contribution in [3.05, 3.63) is 71.2 Å². The van der Waals surface area contributed by atoms with Crippen LogP contribution in [-0.4, -0.2) is 42.2 Å². The van der Waals surface area contributed by atoms with E-state index in [1.54, 1.807) is 11.3 Å². The van der Waals surface area contributed by atoms with Gasteiger partial charge in [0, 0.05) is 58.4 Å². The number of amides is 2. The molecule has 1 fully saturated rings. The molecule has 0 aliphatic carbocycles. The highest BCUT2D eigenvalue weighted by molar-refractivity contribution is 7.18. The molecule has 0 spiro atoms. The minimum atomic E-state index is -0.277. The van der Waals surface area contributed by atoms with Gasteiger partial charge < -0.3 is 21.1 Å². The largest absolute Gasteiger partial charge is 0.383 e. The standard InChI is InChI=1S/C26H27N5O2S/c1-17-3-2-4-21(13-17)30-26(32)29-20-7-5-18(6-8-20)22-16-34-24-19(14-28-25(27)23(22)24)15-31-9-11-33-12-10-31/h2-8,13-14,16H,9-12,15H2,1H3,(H2,27,28)(H2,29,30,32). The number of nitrogen functional groups attached to an aromatic ring is 1. The molecular formula is C26H27N5O2S. The number of aromatic nitrogens is 1. The van der Waals surface area contributed by atoms with Gasteiger partial charge in [-0.25, -0.2) is 9.78 Å². The van der Waals surface area contributed by atoms with Crippen molar-refractivity contribution >= 4 is 44.6 Å². The van der Waals surface area contributed by atoms with Gasteiger partial charge in [0.05, 0.1) is 13.2 Å². The highest BCUT2D eigenvalue weighted by atomic mass is 32.1. The van der Waals surface area contributed by atoms with Crippen LogP contribution in [-0.2, 0) is 11.3 Å². The maximum Gasteiger partial charge on any atom is 0.323 e. The fraction of sp³-hybridized carbons (Fsp3) is 0.231. The summed E-state index contributed by atoms with van der Waals surface area (Å²) in [6.07, 6.45) is 1.90. The van der Waals surface area contributed by atoms with E-state index in [-0.39, 0.29) is 6.03 Å². The zero-order valence-electron chi connectivity index (χ0n) is 19.0. The number of carbonyl (C=O) groups excluding carboxylic acids is 1. The predicted octanol–water partition coefficient (Wildman–Crippen LogP) is 5.33. The number of hydrogen-bond acceptors (Lipinski definition) is 6. The second kappa shape index (κ2) is 9.80. The summed E-state index contributed by atoms with van der Waals surface area (Å²) >= 11 is 1.70. The van der Waals surface area contributed by atoms with Crippen LogP contribution in [0.1, 0.15) is 11.1 Å². The van der Waals surface area contributed by atoms with E-state index in [1.807, 2.05) is 61.7 Å². The van der Waals surface area contributed by atoms with Crippen LogP contribution in [0.3, 0.4) is 0 Å². The second-order valence-corrected chi connectivity index (χ2v) is 9.32. The smallest absolute Gasteiger partial charge is 0.323 e. The first-order chi connectivity index (χ1) is 16.6. The number of nitrogens with two attached hydrogens (primary N) is 1. The summed E-state index contributed by atoms with van der Waals surface area (Å²) in [6, 6.07) is 15.2. The molecular weight excluding hydrogens is 446 g/mol. The van der Waals surface area contributed by atoms with E-state index in [0.29, 0.717) is 11.5 Å². The Kier molecular flexibility index (Phi) is 6.44. The number of morpholine rings is 1. The van der Waals surface area contributed by atoms with Crippen LogP contribution in [0.15, 0.2) is 60.1 Å². The van der Waals surface area contributed by atoms with E-state index in [9.17, 15) is 4.79 Å². The van der Waals surface area contributed by atoms with Gasteiger partial charge in [-0.3, -0.25) is 4.90 Å². The van der Waals surface area contributed by atoms with Crippen LogP contribution in [0.4, 0.5) is 22.0 Å². The number of aryl methyl sites for hydroxylation is 1. The van der Waals surface area contributed by atoms with Crippen LogP contribution < -0.4 is 16.4 Å². The zero-order chi connectivity index (χ0) is 23.5. The average molecular weight is 474 g/mol. The van der Waals surface area contributed by atoms with Gasteiger partial charge in [-0.05, 0) is 47.7 Å². The lowest BCUT2D eigenvalue weighted by atomic mass is 10.0. The fourth-order valence-electron chi connectivity index (χ4n) is 4.19. The number of nitrogens with zero attached hydrogens (tertiary/aromatic N) is 2. The third-order valence-electron chi connectivity index (χ3n) is 5.93. The maximum absolute atomic E-state index is 12.4. The molecule has 2 aromatic heterocycles. The minimum absolute atomic E-state index is 0.277. The van der Waals surface area contributed by atoms with Gasteiger partial charge in [0.1, 0.15) is 5.82 Å². The number of thiophene rings is 1. The number of urea groups is 1. The summed E-state index contributed by atoms with van der Waals surface area (Å²) in [5, 5.41) is 8.88. The number of anilines is 3. The summed E-state index contributed by atoms with van der Waals surface area (Å²) in [7, 11) is 0. The van der Waals surface area contributed by atoms with Crippen molar-refractivity contribution in [2.75, 3.05) is 42.7 Å². The highest BCUT2D eigenvalue weighted by Crippen LogP contribution is 2.39. The molecule has 4 aromatic rings. The number of carbonyl (C=O) groups is 1. The van der Waals surface area contributed by atoms with Crippen LogP contribution in [0.2, 0.25) is 0 Å². The lowest BCUT2D eigenvalue weighted by Crippen LogP contribution is -2.35. The Labute approximate surface area is 202 Å². The van der Waals surface area contributed by atoms with Gasteiger partial charge in [-0.2, -0.15) is 0 Å². The van der Waals surface area contributed by atoms with Gasteiger partial charge in [-0.1, -0.05) is 24.3 Å². The molecule has 1 saturated heterocycles. The first kappa shape index (κ1) is 22.3. The molecule has 8 heteroatoms. The topological polar surface area (TPSA) is 92.5 Å². The Bertz CT molecular complexity index is 1310. The van der Waals surface area contributed by atoms with Crippen LogP contribution >= 0.6 is 11.3 Å². The Hall–Kier alpha value is -3.46. The van der Waals surface area contributed by atoms with E-state index >= 15 is 0 Å². The van der Waals surface area contributed by atoms with E-state index < -0.39 is 0 Å². The highest BCUT2D eigenvalue weighted by Gasteiger charge is 2.17. The summed E-state index contributed by atoms with van der Waals surface area (Å²) in [5.41, 5.74) is 12.2. The third-order valence-corrected chi connectivity index (χ3v) is 6.98. The van der Waals surface area contributed by atoms with Crippen LogP contribution in [0, 0.1) is 6.92 Å². The summed E-state index contributed by atoms with van der Waals surface area (Å²) < 4.78 is 6.64. The van der Waals surface area contributed by atoms with E-state index in [0.717, 1.165) is 60.6 Å². The number of fused-ring (bicyclic) bond motifs is 1. The maximum atomic E-state index is 12.4. The summed E-state index contributed by atoms with van der Waals surface area (Å²) in [4.78, 5) is 19.3. The molecule has 3 heterocycles. The number of hydrogen-bond donors (Lipinski definition) is 3. The number of pyridine rings is 1. The number of rotatable bonds is 5. The SMILES string of the molecule is Cc1cccc(NC(=O)Nc2ccc(-c3csc4c(CN5CCOCC5)cnc(N)c34)cc2)c1.